The van der Waals surface area contributed by atoms with Gasteiger partial charge in [0.25, 0.3) is 0 Å². The van der Waals surface area contributed by atoms with Crippen molar-refractivity contribution in [3.63, 3.8) is 0 Å². The summed E-state index contributed by atoms with van der Waals surface area (Å²) in [5.74, 6) is -0.0930. The Balaban J connectivity index is 3.68. The van der Waals surface area contributed by atoms with Gasteiger partial charge in [0.1, 0.15) is 0 Å². The van der Waals surface area contributed by atoms with Crippen LogP contribution in [0.25, 0.3) is 0 Å². The summed E-state index contributed by atoms with van der Waals surface area (Å²) in [6, 6.07) is 0. The minimum atomic E-state index is -0.579. The van der Waals surface area contributed by atoms with Gasteiger partial charge in [-0.1, -0.05) is 0 Å². The van der Waals surface area contributed by atoms with Crippen molar-refractivity contribution < 1.29 is 10.2 Å². The molecule has 0 heterocycles. The fourth-order valence-corrected chi connectivity index (χ4v) is 0.952. The molecule has 0 spiro atoms. The van der Waals surface area contributed by atoms with Crippen LogP contribution >= 0.6 is 0 Å². The molecule has 4 heteroatoms. The monoisotopic (exact) mass is 162 g/mol. The van der Waals surface area contributed by atoms with Gasteiger partial charge in [0.05, 0.1) is 12.2 Å². The van der Waals surface area contributed by atoms with Gasteiger partial charge in [-0.05, 0) is 26.4 Å². The molecule has 0 saturated heterocycles. The van der Waals surface area contributed by atoms with E-state index in [0.717, 1.165) is 0 Å². The summed E-state index contributed by atoms with van der Waals surface area (Å²) in [4.78, 5) is 0. The number of hydrogen-bond acceptors (Lipinski definition) is 4. The van der Waals surface area contributed by atoms with Gasteiger partial charge in [-0.25, -0.2) is 0 Å². The summed E-state index contributed by atoms with van der Waals surface area (Å²) < 4.78 is 0. The predicted octanol–water partition coefficient (Wildman–Crippen LogP) is -1.35. The molecule has 11 heavy (non-hydrogen) atoms. The molecule has 0 aromatic rings. The highest BCUT2D eigenvalue weighted by molar-refractivity contribution is 4.71. The van der Waals surface area contributed by atoms with E-state index < -0.39 is 12.2 Å². The van der Waals surface area contributed by atoms with Crippen molar-refractivity contribution in [2.75, 3.05) is 13.1 Å². The molecule has 0 amide bonds. The first-order chi connectivity index (χ1) is 5.11. The van der Waals surface area contributed by atoms with Crippen molar-refractivity contribution in [3.8, 4) is 0 Å². The molecule has 68 valence electrons. The predicted molar refractivity (Wildman–Crippen MR) is 43.9 cm³/mol. The van der Waals surface area contributed by atoms with E-state index in [4.69, 9.17) is 16.6 Å². The first-order valence-electron chi connectivity index (χ1n) is 3.88. The van der Waals surface area contributed by atoms with Crippen LogP contribution in [0.2, 0.25) is 0 Å². The van der Waals surface area contributed by atoms with Crippen LogP contribution in [0, 0.1) is 5.92 Å². The lowest BCUT2D eigenvalue weighted by atomic mass is 9.98. The second-order valence-electron chi connectivity index (χ2n) is 2.88. The third-order valence-electron chi connectivity index (χ3n) is 1.73. The molecule has 0 radical (unpaired) electrons. The van der Waals surface area contributed by atoms with Crippen LogP contribution in [0.3, 0.4) is 0 Å². The Morgan fingerprint density at radius 2 is 1.64 bits per heavy atom. The van der Waals surface area contributed by atoms with Crippen LogP contribution in [0.15, 0.2) is 0 Å². The molecule has 4 nitrogen and oxygen atoms in total. The van der Waals surface area contributed by atoms with E-state index in [1.165, 1.54) is 0 Å². The van der Waals surface area contributed by atoms with Gasteiger partial charge >= 0.3 is 0 Å². The Hall–Kier alpha value is -0.160. The first kappa shape index (κ1) is 10.8. The van der Waals surface area contributed by atoms with Crippen LogP contribution in [-0.4, -0.2) is 35.5 Å². The highest BCUT2D eigenvalue weighted by Gasteiger charge is 2.17. The molecule has 0 aliphatic heterocycles. The lowest BCUT2D eigenvalue weighted by Crippen LogP contribution is -2.35. The summed E-state index contributed by atoms with van der Waals surface area (Å²) >= 11 is 0. The van der Waals surface area contributed by atoms with E-state index >= 15 is 0 Å². The largest absolute Gasteiger partial charge is 0.393 e. The van der Waals surface area contributed by atoms with Gasteiger partial charge in [0.15, 0.2) is 0 Å². The molecular formula is C7H18N2O2. The van der Waals surface area contributed by atoms with Crippen LogP contribution in [0.5, 0.6) is 0 Å². The fourth-order valence-electron chi connectivity index (χ4n) is 0.952. The van der Waals surface area contributed by atoms with Crippen molar-refractivity contribution in [2.24, 2.45) is 17.4 Å². The third-order valence-corrected chi connectivity index (χ3v) is 1.73. The summed E-state index contributed by atoms with van der Waals surface area (Å²) in [6.07, 6.45) is -0.727. The van der Waals surface area contributed by atoms with E-state index in [9.17, 15) is 5.11 Å². The topological polar surface area (TPSA) is 92.5 Å². The Morgan fingerprint density at radius 1 is 1.18 bits per heavy atom. The minimum Gasteiger partial charge on any atom is -0.393 e. The molecule has 0 saturated carbocycles. The molecular weight excluding hydrogens is 144 g/mol. The van der Waals surface area contributed by atoms with Gasteiger partial charge in [-0.2, -0.15) is 0 Å². The maximum atomic E-state index is 9.36. The summed E-state index contributed by atoms with van der Waals surface area (Å²) in [7, 11) is 0. The number of hydrogen-bond donors (Lipinski definition) is 4. The smallest absolute Gasteiger partial charge is 0.0617 e. The molecule has 0 rings (SSSR count). The Morgan fingerprint density at radius 3 is 1.91 bits per heavy atom. The zero-order chi connectivity index (χ0) is 8.85. The molecule has 0 bridgehead atoms. The lowest BCUT2D eigenvalue weighted by Gasteiger charge is -2.20. The quantitative estimate of drug-likeness (QED) is 0.402. The van der Waals surface area contributed by atoms with Crippen molar-refractivity contribution in [3.05, 3.63) is 0 Å². The molecule has 0 fully saturated rings. The highest BCUT2D eigenvalue weighted by atomic mass is 16.3. The first-order valence-corrected chi connectivity index (χ1v) is 3.88. The summed E-state index contributed by atoms with van der Waals surface area (Å²) in [6.45, 7) is 2.36. The zero-order valence-electron chi connectivity index (χ0n) is 6.90. The van der Waals surface area contributed by atoms with Gasteiger partial charge in [-0.3, -0.25) is 0 Å². The fraction of sp³-hybridized carbons (Fsp3) is 1.00. The standard InChI is InChI=1S/C7H18N2O2/c1-5(10)2-7(11)6(3-8)4-9/h5-7,10-11H,2-4,8-9H2,1H3. The van der Waals surface area contributed by atoms with Crippen molar-refractivity contribution in [1.82, 2.24) is 0 Å². The number of nitrogens with two attached hydrogens (primary N) is 2. The van der Waals surface area contributed by atoms with Crippen LogP contribution in [0.4, 0.5) is 0 Å². The van der Waals surface area contributed by atoms with Crippen molar-refractivity contribution in [1.29, 1.82) is 0 Å². The highest BCUT2D eigenvalue weighted by Crippen LogP contribution is 2.06. The maximum Gasteiger partial charge on any atom is 0.0617 e. The van der Waals surface area contributed by atoms with E-state index in [1.807, 2.05) is 0 Å². The molecule has 0 aromatic heterocycles. The molecule has 2 unspecified atom stereocenters. The Kier molecular flexibility index (Phi) is 5.41. The van der Waals surface area contributed by atoms with Crippen LogP contribution in [0.1, 0.15) is 13.3 Å². The molecule has 6 N–H and O–H groups in total. The van der Waals surface area contributed by atoms with E-state index in [2.05, 4.69) is 0 Å². The second kappa shape index (κ2) is 5.49. The van der Waals surface area contributed by atoms with Crippen LogP contribution in [-0.2, 0) is 0 Å². The van der Waals surface area contributed by atoms with Gasteiger partial charge in [0, 0.05) is 5.92 Å². The Labute approximate surface area is 67.2 Å². The molecule has 0 aromatic carbocycles. The third kappa shape index (κ3) is 4.31. The van der Waals surface area contributed by atoms with Gasteiger partial charge in [0.2, 0.25) is 0 Å². The number of rotatable bonds is 5. The molecule has 0 aliphatic carbocycles. The van der Waals surface area contributed by atoms with Crippen LogP contribution < -0.4 is 11.5 Å². The lowest BCUT2D eigenvalue weighted by molar-refractivity contribution is 0.0555. The van der Waals surface area contributed by atoms with E-state index in [-0.39, 0.29) is 5.92 Å². The number of aliphatic hydroxyl groups excluding tert-OH is 2. The van der Waals surface area contributed by atoms with Crippen molar-refractivity contribution >= 4 is 0 Å². The average molecular weight is 162 g/mol. The van der Waals surface area contributed by atoms with E-state index in [1.54, 1.807) is 6.92 Å². The normalized spacial score (nSPS) is 16.9. The van der Waals surface area contributed by atoms with Crippen molar-refractivity contribution in [2.45, 2.75) is 25.6 Å². The Bertz CT molecular complexity index is 94.4. The summed E-state index contributed by atoms with van der Waals surface area (Å²) in [5.41, 5.74) is 10.7. The number of aliphatic hydroxyl groups is 2. The molecule has 0 aliphatic rings. The van der Waals surface area contributed by atoms with Gasteiger partial charge in [-0.15, -0.1) is 0 Å². The van der Waals surface area contributed by atoms with E-state index in [0.29, 0.717) is 19.5 Å². The summed E-state index contributed by atoms with van der Waals surface area (Å²) in [5, 5.41) is 18.3. The average Bonchev–Trinajstić information content (AvgIpc) is 1.88. The minimum absolute atomic E-state index is 0.0930. The SMILES string of the molecule is CC(O)CC(O)C(CN)CN. The molecule has 2 atom stereocenters. The maximum absolute atomic E-state index is 9.36. The second-order valence-corrected chi connectivity index (χ2v) is 2.88. The zero-order valence-corrected chi connectivity index (χ0v) is 6.90. The van der Waals surface area contributed by atoms with Gasteiger partial charge < -0.3 is 21.7 Å².